The number of benzene rings is 1. The second-order valence-corrected chi connectivity index (χ2v) is 10.00. The number of nitrogens with one attached hydrogen (secondary N) is 1. The minimum atomic E-state index is 0.255. The average molecular weight is 412 g/mol. The number of thiocarbonyl (C=S) groups is 1. The zero-order valence-corrected chi connectivity index (χ0v) is 17.6. The van der Waals surface area contributed by atoms with E-state index < -0.39 is 0 Å². The third-order valence-corrected chi connectivity index (χ3v) is 7.89. The van der Waals surface area contributed by atoms with E-state index in [1.54, 1.807) is 7.11 Å². The van der Waals surface area contributed by atoms with Crippen molar-refractivity contribution < 1.29 is 4.74 Å². The first-order valence-corrected chi connectivity index (χ1v) is 10.9. The van der Waals surface area contributed by atoms with Crippen LogP contribution in [0.4, 0.5) is 0 Å². The molecule has 142 valence electrons. The van der Waals surface area contributed by atoms with Crippen LogP contribution in [0.3, 0.4) is 0 Å². The lowest BCUT2D eigenvalue weighted by atomic mass is 9.53. The molecule has 5 rings (SSSR count). The minimum absolute atomic E-state index is 0.255. The van der Waals surface area contributed by atoms with Gasteiger partial charge in [0, 0.05) is 24.4 Å². The Morgan fingerprint density at radius 2 is 1.77 bits per heavy atom. The van der Waals surface area contributed by atoms with Gasteiger partial charge in [0.2, 0.25) is 0 Å². The first-order chi connectivity index (χ1) is 12.5. The molecular weight excluding hydrogens is 385 g/mol. The van der Waals surface area contributed by atoms with Gasteiger partial charge >= 0.3 is 0 Å². The molecule has 4 saturated carbocycles. The first-order valence-electron chi connectivity index (χ1n) is 9.73. The second-order valence-electron chi connectivity index (χ2n) is 8.73. The first kappa shape index (κ1) is 19.0. The fourth-order valence-corrected chi connectivity index (χ4v) is 6.53. The Bertz CT molecular complexity index is 657. The predicted molar refractivity (Wildman–Crippen MR) is 112 cm³/mol. The van der Waals surface area contributed by atoms with Crippen molar-refractivity contribution in [3.63, 3.8) is 0 Å². The number of hydrogen-bond acceptors (Lipinski definition) is 3. The zero-order chi connectivity index (χ0) is 18.3. The third-order valence-electron chi connectivity index (χ3n) is 6.82. The second kappa shape index (κ2) is 7.58. The Kier molecular flexibility index (Phi) is 5.54. The van der Waals surface area contributed by atoms with E-state index in [1.807, 2.05) is 12.1 Å². The highest BCUT2D eigenvalue weighted by Gasteiger charge is 2.50. The maximum atomic E-state index is 6.27. The quantitative estimate of drug-likeness (QED) is 0.579. The molecule has 1 aromatic rings. The smallest absolute Gasteiger partial charge is 0.159 e. The molecule has 4 bridgehead atoms. The summed E-state index contributed by atoms with van der Waals surface area (Å²) in [5.41, 5.74) is 1.52. The molecule has 4 aliphatic carbocycles. The molecule has 26 heavy (non-hydrogen) atoms. The van der Waals surface area contributed by atoms with E-state index in [2.05, 4.69) is 11.4 Å². The highest BCUT2D eigenvalue weighted by molar-refractivity contribution is 7.80. The summed E-state index contributed by atoms with van der Waals surface area (Å²) in [6, 6.07) is 5.93. The Labute approximate surface area is 172 Å². The number of hydrogen-bond donors (Lipinski definition) is 1. The molecule has 0 aliphatic heterocycles. The van der Waals surface area contributed by atoms with Crippen LogP contribution in [-0.2, 0) is 4.74 Å². The van der Waals surface area contributed by atoms with Crippen molar-refractivity contribution in [2.75, 3.05) is 13.7 Å². The number of rotatable bonds is 6. The summed E-state index contributed by atoms with van der Waals surface area (Å²) in [4.78, 5) is 0. The lowest BCUT2D eigenvalue weighted by Gasteiger charge is -2.57. The van der Waals surface area contributed by atoms with E-state index in [-0.39, 0.29) is 5.92 Å². The third kappa shape index (κ3) is 3.92. The molecule has 0 saturated heterocycles. The SMILES string of the molecule is COC(=S)CC(CNC12CC3CC(CC(C3)C1)C2)c1ccc(Cl)c(Cl)c1. The molecule has 0 radical (unpaired) electrons. The van der Waals surface area contributed by atoms with Crippen molar-refractivity contribution in [1.29, 1.82) is 0 Å². The zero-order valence-electron chi connectivity index (χ0n) is 15.3. The minimum Gasteiger partial charge on any atom is -0.490 e. The van der Waals surface area contributed by atoms with Crippen LogP contribution in [0.25, 0.3) is 0 Å². The van der Waals surface area contributed by atoms with Crippen LogP contribution < -0.4 is 5.32 Å². The molecule has 5 heteroatoms. The van der Waals surface area contributed by atoms with E-state index in [0.717, 1.165) is 30.7 Å². The lowest BCUT2D eigenvalue weighted by molar-refractivity contribution is -0.0201. The summed E-state index contributed by atoms with van der Waals surface area (Å²) >= 11 is 17.7. The maximum Gasteiger partial charge on any atom is 0.159 e. The summed E-state index contributed by atoms with van der Waals surface area (Å²) in [6.45, 7) is 0.910. The molecule has 1 N–H and O–H groups in total. The number of halogens is 2. The average Bonchev–Trinajstić information content (AvgIpc) is 2.59. The molecule has 1 aromatic carbocycles. The summed E-state index contributed by atoms with van der Waals surface area (Å²) < 4.78 is 5.30. The molecule has 0 heterocycles. The number of ether oxygens (including phenoxy) is 1. The van der Waals surface area contributed by atoms with Crippen molar-refractivity contribution in [3.05, 3.63) is 33.8 Å². The maximum absolute atomic E-state index is 6.27. The van der Waals surface area contributed by atoms with E-state index in [9.17, 15) is 0 Å². The van der Waals surface area contributed by atoms with Gasteiger partial charge in [0.25, 0.3) is 0 Å². The Hall–Kier alpha value is -0.350. The standard InChI is InChI=1S/C21H27Cl2NOS/c1-25-20(26)8-17(16-2-3-18(22)19(23)7-16)12-24-21-9-13-4-14(10-21)6-15(5-13)11-21/h2-3,7,13-15,17,24H,4-6,8-12H2,1H3. The molecule has 4 aliphatic rings. The van der Waals surface area contributed by atoms with Gasteiger partial charge in [-0.3, -0.25) is 0 Å². The molecule has 0 amide bonds. The van der Waals surface area contributed by atoms with Gasteiger partial charge in [-0.15, -0.1) is 0 Å². The molecule has 1 atom stereocenters. The van der Waals surface area contributed by atoms with Gasteiger partial charge in [-0.05, 0) is 86.2 Å². The van der Waals surface area contributed by atoms with Gasteiger partial charge in [-0.25, -0.2) is 0 Å². The van der Waals surface area contributed by atoms with Gasteiger partial charge < -0.3 is 10.1 Å². The van der Waals surface area contributed by atoms with Gasteiger partial charge in [-0.2, -0.15) is 0 Å². The van der Waals surface area contributed by atoms with Crippen LogP contribution in [0, 0.1) is 17.8 Å². The van der Waals surface area contributed by atoms with Crippen LogP contribution in [0.5, 0.6) is 0 Å². The van der Waals surface area contributed by atoms with E-state index in [1.165, 1.54) is 44.1 Å². The summed E-state index contributed by atoms with van der Waals surface area (Å²) in [6.07, 6.45) is 9.16. The van der Waals surface area contributed by atoms with E-state index in [4.69, 9.17) is 40.2 Å². The number of methoxy groups -OCH3 is 1. The van der Waals surface area contributed by atoms with Gasteiger partial charge in [0.05, 0.1) is 17.2 Å². The predicted octanol–water partition coefficient (Wildman–Crippen LogP) is 6.00. The van der Waals surface area contributed by atoms with Gasteiger partial charge in [-0.1, -0.05) is 29.3 Å². The van der Waals surface area contributed by atoms with Crippen LogP contribution in [0.1, 0.15) is 56.4 Å². The Morgan fingerprint density at radius 3 is 2.31 bits per heavy atom. The van der Waals surface area contributed by atoms with Crippen molar-refractivity contribution in [2.45, 2.75) is 56.4 Å². The highest BCUT2D eigenvalue weighted by Crippen LogP contribution is 2.55. The molecular formula is C21H27Cl2NOS. The van der Waals surface area contributed by atoms with E-state index >= 15 is 0 Å². The monoisotopic (exact) mass is 411 g/mol. The highest BCUT2D eigenvalue weighted by atomic mass is 35.5. The largest absolute Gasteiger partial charge is 0.490 e. The van der Waals surface area contributed by atoms with Crippen molar-refractivity contribution in [3.8, 4) is 0 Å². The normalized spacial score (nSPS) is 33.3. The molecule has 0 aromatic heterocycles. The Morgan fingerprint density at radius 1 is 1.15 bits per heavy atom. The van der Waals surface area contributed by atoms with Crippen molar-refractivity contribution >= 4 is 40.5 Å². The fraction of sp³-hybridized carbons (Fsp3) is 0.667. The summed E-state index contributed by atoms with van der Waals surface area (Å²) in [5.74, 6) is 3.08. The summed E-state index contributed by atoms with van der Waals surface area (Å²) in [7, 11) is 1.65. The van der Waals surface area contributed by atoms with Crippen LogP contribution in [0.15, 0.2) is 18.2 Å². The Balaban J connectivity index is 1.49. The van der Waals surface area contributed by atoms with Gasteiger partial charge in [0.15, 0.2) is 5.05 Å². The molecule has 4 fully saturated rings. The van der Waals surface area contributed by atoms with Gasteiger partial charge in [0.1, 0.15) is 0 Å². The fourth-order valence-electron chi connectivity index (χ4n) is 6.03. The topological polar surface area (TPSA) is 21.3 Å². The molecule has 0 spiro atoms. The lowest BCUT2D eigenvalue weighted by Crippen LogP contribution is -2.59. The molecule has 2 nitrogen and oxygen atoms in total. The summed E-state index contributed by atoms with van der Waals surface area (Å²) in [5, 5.41) is 5.84. The van der Waals surface area contributed by atoms with E-state index in [0.29, 0.717) is 20.6 Å². The van der Waals surface area contributed by atoms with Crippen LogP contribution in [-0.4, -0.2) is 24.2 Å². The van der Waals surface area contributed by atoms with Crippen molar-refractivity contribution in [2.24, 2.45) is 17.8 Å². The molecule has 1 unspecified atom stereocenters. The van der Waals surface area contributed by atoms with Crippen LogP contribution >= 0.6 is 35.4 Å². The van der Waals surface area contributed by atoms with Crippen molar-refractivity contribution in [1.82, 2.24) is 5.32 Å². The van der Waals surface area contributed by atoms with Crippen LogP contribution in [0.2, 0.25) is 10.0 Å².